The number of para-hydroxylation sites is 2. The number of unbranched alkanes of at least 4 members (excludes halogenated alkanes) is 1. The molecular weight excluding hydrogens is 420 g/mol. The number of benzene rings is 3. The van der Waals surface area contributed by atoms with Crippen molar-refractivity contribution < 1.29 is 9.47 Å². The highest BCUT2D eigenvalue weighted by Gasteiger charge is 2.12. The second-order valence-corrected chi connectivity index (χ2v) is 8.60. The van der Waals surface area contributed by atoms with Crippen LogP contribution in [0.2, 0.25) is 5.02 Å². The number of nitrogens with zero attached hydrogens (tertiary/aromatic N) is 2. The molecule has 0 radical (unpaired) electrons. The summed E-state index contributed by atoms with van der Waals surface area (Å²) >= 11 is 6.09. The van der Waals surface area contributed by atoms with Crippen LogP contribution in [0.4, 0.5) is 0 Å². The molecule has 0 spiro atoms. The summed E-state index contributed by atoms with van der Waals surface area (Å²) in [6.45, 7) is 8.12. The number of aromatic nitrogens is 2. The molecule has 0 aliphatic heterocycles. The molecule has 32 heavy (non-hydrogen) atoms. The molecule has 0 aliphatic rings. The molecule has 0 atom stereocenters. The van der Waals surface area contributed by atoms with E-state index in [-0.39, 0.29) is 0 Å². The largest absolute Gasteiger partial charge is 0.494 e. The summed E-state index contributed by atoms with van der Waals surface area (Å²) < 4.78 is 14.3. The molecule has 4 aromatic rings. The van der Waals surface area contributed by atoms with Crippen LogP contribution in [0.15, 0.2) is 60.7 Å². The Bertz CT molecular complexity index is 1220. The van der Waals surface area contributed by atoms with Crippen molar-refractivity contribution in [2.45, 2.75) is 46.8 Å². The van der Waals surface area contributed by atoms with Crippen molar-refractivity contribution in [1.82, 2.24) is 9.55 Å². The highest BCUT2D eigenvalue weighted by molar-refractivity contribution is 6.31. The number of hydrogen-bond donors (Lipinski definition) is 0. The van der Waals surface area contributed by atoms with E-state index in [4.69, 9.17) is 26.1 Å². The summed E-state index contributed by atoms with van der Waals surface area (Å²) in [5.41, 5.74) is 5.49. The van der Waals surface area contributed by atoms with Crippen LogP contribution in [0.1, 0.15) is 35.4 Å². The van der Waals surface area contributed by atoms with Crippen LogP contribution in [0.5, 0.6) is 11.5 Å². The van der Waals surface area contributed by atoms with E-state index < -0.39 is 0 Å². The van der Waals surface area contributed by atoms with Gasteiger partial charge in [0.05, 0.1) is 17.6 Å². The van der Waals surface area contributed by atoms with E-state index in [1.807, 2.05) is 31.2 Å². The van der Waals surface area contributed by atoms with Crippen molar-refractivity contribution in [2.24, 2.45) is 0 Å². The van der Waals surface area contributed by atoms with Crippen molar-refractivity contribution in [1.29, 1.82) is 0 Å². The standard InChI is InChI=1S/C27H29ClN2O2/c1-19-10-11-20(2)26(16-19)32-18-27-29-24-8-4-5-9-25(24)30(27)14-6-7-15-31-22-12-13-23(28)21(3)17-22/h4-5,8-13,16-17H,6-7,14-15,18H2,1-3H3. The Morgan fingerprint density at radius 2 is 1.72 bits per heavy atom. The summed E-state index contributed by atoms with van der Waals surface area (Å²) in [5, 5.41) is 0.764. The van der Waals surface area contributed by atoms with Gasteiger partial charge in [0.25, 0.3) is 0 Å². The Kier molecular flexibility index (Phi) is 7.01. The molecule has 0 unspecified atom stereocenters. The third kappa shape index (κ3) is 5.25. The molecular formula is C27H29ClN2O2. The van der Waals surface area contributed by atoms with Crippen LogP contribution in [-0.4, -0.2) is 16.2 Å². The zero-order chi connectivity index (χ0) is 22.5. The molecule has 0 saturated carbocycles. The summed E-state index contributed by atoms with van der Waals surface area (Å²) in [6.07, 6.45) is 1.94. The average molecular weight is 449 g/mol. The van der Waals surface area contributed by atoms with Crippen molar-refractivity contribution in [3.8, 4) is 11.5 Å². The van der Waals surface area contributed by atoms with E-state index in [2.05, 4.69) is 54.8 Å². The van der Waals surface area contributed by atoms with E-state index >= 15 is 0 Å². The quantitative estimate of drug-likeness (QED) is 0.257. The lowest BCUT2D eigenvalue weighted by atomic mass is 10.1. The molecule has 3 aromatic carbocycles. The summed E-state index contributed by atoms with van der Waals surface area (Å²) in [7, 11) is 0. The average Bonchev–Trinajstić information content (AvgIpc) is 3.14. The number of hydrogen-bond acceptors (Lipinski definition) is 3. The van der Waals surface area contributed by atoms with Gasteiger partial charge in [0.2, 0.25) is 0 Å². The van der Waals surface area contributed by atoms with Crippen LogP contribution < -0.4 is 9.47 Å². The van der Waals surface area contributed by atoms with Crippen LogP contribution in [0.3, 0.4) is 0 Å². The fourth-order valence-corrected chi connectivity index (χ4v) is 3.88. The maximum Gasteiger partial charge on any atom is 0.147 e. The zero-order valence-electron chi connectivity index (χ0n) is 18.9. The number of fused-ring (bicyclic) bond motifs is 1. The number of aryl methyl sites for hydroxylation is 4. The monoisotopic (exact) mass is 448 g/mol. The van der Waals surface area contributed by atoms with Crippen molar-refractivity contribution in [3.63, 3.8) is 0 Å². The van der Waals surface area contributed by atoms with E-state index in [1.165, 1.54) is 5.56 Å². The second-order valence-electron chi connectivity index (χ2n) is 8.19. The van der Waals surface area contributed by atoms with Gasteiger partial charge in [-0.3, -0.25) is 0 Å². The maximum absolute atomic E-state index is 6.16. The van der Waals surface area contributed by atoms with E-state index in [0.29, 0.717) is 13.2 Å². The molecule has 4 nitrogen and oxygen atoms in total. The number of ether oxygens (including phenoxy) is 2. The highest BCUT2D eigenvalue weighted by Crippen LogP contribution is 2.23. The SMILES string of the molecule is Cc1ccc(C)c(OCc2nc3ccccc3n2CCCCOc2ccc(Cl)c(C)c2)c1. The molecule has 166 valence electrons. The lowest BCUT2D eigenvalue weighted by Crippen LogP contribution is -2.09. The van der Waals surface area contributed by atoms with Gasteiger partial charge < -0.3 is 14.0 Å². The summed E-state index contributed by atoms with van der Waals surface area (Å²) in [4.78, 5) is 4.84. The van der Waals surface area contributed by atoms with Crippen LogP contribution in [0.25, 0.3) is 11.0 Å². The first-order valence-corrected chi connectivity index (χ1v) is 11.4. The van der Waals surface area contributed by atoms with Crippen LogP contribution in [-0.2, 0) is 13.2 Å². The van der Waals surface area contributed by atoms with Crippen molar-refractivity contribution in [3.05, 3.63) is 88.2 Å². The Labute approximate surface area is 194 Å². The van der Waals surface area contributed by atoms with Gasteiger partial charge in [-0.2, -0.15) is 0 Å². The van der Waals surface area contributed by atoms with Gasteiger partial charge in [-0.1, -0.05) is 35.9 Å². The molecule has 0 bridgehead atoms. The lowest BCUT2D eigenvalue weighted by Gasteiger charge is -2.13. The zero-order valence-corrected chi connectivity index (χ0v) is 19.7. The van der Waals surface area contributed by atoms with Gasteiger partial charge >= 0.3 is 0 Å². The molecule has 0 amide bonds. The smallest absolute Gasteiger partial charge is 0.147 e. The van der Waals surface area contributed by atoms with Crippen molar-refractivity contribution in [2.75, 3.05) is 6.61 Å². The number of rotatable bonds is 9. The molecule has 0 N–H and O–H groups in total. The minimum absolute atomic E-state index is 0.444. The Hall–Kier alpha value is -2.98. The molecule has 1 heterocycles. The fraction of sp³-hybridized carbons (Fsp3) is 0.296. The molecule has 1 aromatic heterocycles. The van der Waals surface area contributed by atoms with E-state index in [1.54, 1.807) is 0 Å². The lowest BCUT2D eigenvalue weighted by molar-refractivity contribution is 0.283. The molecule has 0 aliphatic carbocycles. The first kappa shape index (κ1) is 22.2. The van der Waals surface area contributed by atoms with Gasteiger partial charge in [-0.05, 0) is 86.7 Å². The molecule has 0 fully saturated rings. The Balaban J connectivity index is 1.39. The predicted octanol–water partition coefficient (Wildman–Crippen LogP) is 7.05. The van der Waals surface area contributed by atoms with E-state index in [0.717, 1.165) is 63.9 Å². The maximum atomic E-state index is 6.16. The van der Waals surface area contributed by atoms with Gasteiger partial charge in [-0.25, -0.2) is 4.98 Å². The highest BCUT2D eigenvalue weighted by atomic mass is 35.5. The first-order chi connectivity index (χ1) is 15.5. The van der Waals surface area contributed by atoms with Gasteiger partial charge in [0.1, 0.15) is 23.9 Å². The number of halogens is 1. The Morgan fingerprint density at radius 3 is 2.56 bits per heavy atom. The fourth-order valence-electron chi connectivity index (χ4n) is 3.76. The normalized spacial score (nSPS) is 11.1. The minimum Gasteiger partial charge on any atom is -0.494 e. The van der Waals surface area contributed by atoms with Crippen molar-refractivity contribution >= 4 is 22.6 Å². The minimum atomic E-state index is 0.444. The van der Waals surface area contributed by atoms with Gasteiger partial charge in [-0.15, -0.1) is 0 Å². The topological polar surface area (TPSA) is 36.3 Å². The summed E-state index contributed by atoms with van der Waals surface area (Å²) in [6, 6.07) is 20.3. The third-order valence-corrected chi connectivity index (χ3v) is 6.03. The number of imidazole rings is 1. The molecule has 0 saturated heterocycles. The van der Waals surface area contributed by atoms with Crippen LogP contribution >= 0.6 is 11.6 Å². The van der Waals surface area contributed by atoms with Gasteiger partial charge in [0, 0.05) is 11.6 Å². The molecule has 4 rings (SSSR count). The Morgan fingerprint density at radius 1 is 0.875 bits per heavy atom. The van der Waals surface area contributed by atoms with E-state index in [9.17, 15) is 0 Å². The first-order valence-electron chi connectivity index (χ1n) is 11.0. The summed E-state index contributed by atoms with van der Waals surface area (Å²) in [5.74, 6) is 2.72. The second kappa shape index (κ2) is 10.1. The predicted molar refractivity (Wildman–Crippen MR) is 131 cm³/mol. The third-order valence-electron chi connectivity index (χ3n) is 5.61. The van der Waals surface area contributed by atoms with Gasteiger partial charge in [0.15, 0.2) is 0 Å². The molecule has 5 heteroatoms. The van der Waals surface area contributed by atoms with Crippen LogP contribution in [0, 0.1) is 20.8 Å².